The molecule has 1 atom stereocenters. The van der Waals surface area contributed by atoms with Crippen molar-refractivity contribution in [3.8, 4) is 0 Å². The Balaban J connectivity index is 1.61. The summed E-state index contributed by atoms with van der Waals surface area (Å²) in [4.78, 5) is 39.9. The molecule has 7 heteroatoms. The number of amides is 2. The van der Waals surface area contributed by atoms with Crippen LogP contribution in [0.4, 0.5) is 0 Å². The number of carbonyl (C=O) groups is 3. The monoisotopic (exact) mass is 470 g/mol. The quantitative estimate of drug-likeness (QED) is 0.595. The van der Waals surface area contributed by atoms with Gasteiger partial charge >= 0.3 is 5.97 Å². The molecule has 1 aliphatic rings. The van der Waals surface area contributed by atoms with Crippen LogP contribution in [-0.4, -0.2) is 41.9 Å². The predicted molar refractivity (Wildman–Crippen MR) is 128 cm³/mol. The lowest BCUT2D eigenvalue weighted by atomic mass is 9.94. The summed E-state index contributed by atoms with van der Waals surface area (Å²) in [6, 6.07) is 14.1. The Morgan fingerprint density at radius 2 is 1.64 bits per heavy atom. The van der Waals surface area contributed by atoms with Crippen molar-refractivity contribution in [1.82, 2.24) is 10.2 Å². The fourth-order valence-corrected chi connectivity index (χ4v) is 4.06. The number of ether oxygens (including phenoxy) is 1. The van der Waals surface area contributed by atoms with Crippen LogP contribution in [0.25, 0.3) is 0 Å². The summed E-state index contributed by atoms with van der Waals surface area (Å²) in [5.41, 5.74) is 2.56. The molecule has 1 unspecified atom stereocenters. The van der Waals surface area contributed by atoms with E-state index in [1.54, 1.807) is 43.0 Å². The van der Waals surface area contributed by atoms with E-state index in [9.17, 15) is 14.4 Å². The van der Waals surface area contributed by atoms with E-state index in [0.29, 0.717) is 36.5 Å². The maximum atomic E-state index is 13.1. The molecule has 0 spiro atoms. The van der Waals surface area contributed by atoms with E-state index in [1.807, 2.05) is 31.2 Å². The largest absolute Gasteiger partial charge is 0.463 e. The molecule has 1 fully saturated rings. The normalized spacial score (nSPS) is 15.2. The van der Waals surface area contributed by atoms with Gasteiger partial charge in [-0.15, -0.1) is 0 Å². The first-order chi connectivity index (χ1) is 15.7. The zero-order chi connectivity index (χ0) is 24.0. The Kier molecular flexibility index (Phi) is 8.50. The summed E-state index contributed by atoms with van der Waals surface area (Å²) in [6.45, 7) is 6.60. The first-order valence-electron chi connectivity index (χ1n) is 11.3. The van der Waals surface area contributed by atoms with Crippen LogP contribution in [0.15, 0.2) is 48.5 Å². The standard InChI is InChI=1S/C26H31ClN2O4/c1-17(2)33-24(30)16-23(19-6-4-18(3)5-7-19)28-25(31)20-12-14-29(15-13-20)26(32)21-8-10-22(27)11-9-21/h4-11,17,20,23H,12-16H2,1-3H3,(H,28,31). The molecule has 0 bridgehead atoms. The van der Waals surface area contributed by atoms with Crippen LogP contribution in [0.2, 0.25) is 5.02 Å². The zero-order valence-corrected chi connectivity index (χ0v) is 20.1. The number of hydrogen-bond acceptors (Lipinski definition) is 4. The smallest absolute Gasteiger partial charge is 0.308 e. The van der Waals surface area contributed by atoms with E-state index < -0.39 is 6.04 Å². The Hall–Kier alpha value is -2.86. The molecule has 33 heavy (non-hydrogen) atoms. The van der Waals surface area contributed by atoms with E-state index in [4.69, 9.17) is 16.3 Å². The third-order valence-corrected chi connectivity index (χ3v) is 6.03. The highest BCUT2D eigenvalue weighted by molar-refractivity contribution is 6.30. The minimum atomic E-state index is -0.460. The number of esters is 1. The Bertz CT molecular complexity index is 965. The number of benzene rings is 2. The van der Waals surface area contributed by atoms with Gasteiger partial charge in [0.15, 0.2) is 0 Å². The van der Waals surface area contributed by atoms with Gasteiger partial charge in [0.05, 0.1) is 18.6 Å². The minimum Gasteiger partial charge on any atom is -0.463 e. The lowest BCUT2D eigenvalue weighted by molar-refractivity contribution is -0.148. The summed E-state index contributed by atoms with van der Waals surface area (Å²) >= 11 is 5.91. The van der Waals surface area contributed by atoms with Crippen LogP contribution in [0, 0.1) is 12.8 Å². The first kappa shape index (κ1) is 24.8. The molecule has 2 aromatic carbocycles. The molecule has 176 valence electrons. The van der Waals surface area contributed by atoms with Crippen LogP contribution < -0.4 is 5.32 Å². The van der Waals surface area contributed by atoms with Crippen molar-refractivity contribution in [2.75, 3.05) is 13.1 Å². The highest BCUT2D eigenvalue weighted by atomic mass is 35.5. The van der Waals surface area contributed by atoms with Gasteiger partial charge < -0.3 is 15.0 Å². The van der Waals surface area contributed by atoms with Crippen LogP contribution >= 0.6 is 11.6 Å². The van der Waals surface area contributed by atoms with E-state index >= 15 is 0 Å². The molecular weight excluding hydrogens is 440 g/mol. The fraction of sp³-hybridized carbons (Fsp3) is 0.423. The molecule has 1 N–H and O–H groups in total. The van der Waals surface area contributed by atoms with Gasteiger partial charge in [-0.25, -0.2) is 0 Å². The lowest BCUT2D eigenvalue weighted by Crippen LogP contribution is -2.44. The molecule has 0 aliphatic carbocycles. The third kappa shape index (κ3) is 7.06. The van der Waals surface area contributed by atoms with E-state index in [0.717, 1.165) is 11.1 Å². The Morgan fingerprint density at radius 1 is 1.03 bits per heavy atom. The minimum absolute atomic E-state index is 0.0560. The van der Waals surface area contributed by atoms with Crippen LogP contribution in [0.3, 0.4) is 0 Å². The number of rotatable bonds is 7. The number of likely N-dealkylation sites (tertiary alicyclic amines) is 1. The van der Waals surface area contributed by atoms with Crippen molar-refractivity contribution >= 4 is 29.4 Å². The highest BCUT2D eigenvalue weighted by Gasteiger charge is 2.30. The van der Waals surface area contributed by atoms with Crippen molar-refractivity contribution < 1.29 is 19.1 Å². The van der Waals surface area contributed by atoms with Gasteiger partial charge in [0.2, 0.25) is 5.91 Å². The summed E-state index contributed by atoms with van der Waals surface area (Å²) < 4.78 is 5.30. The molecule has 0 saturated carbocycles. The molecule has 1 saturated heterocycles. The second-order valence-corrected chi connectivity index (χ2v) is 9.22. The average molecular weight is 471 g/mol. The number of carbonyl (C=O) groups excluding carboxylic acids is 3. The fourth-order valence-electron chi connectivity index (χ4n) is 3.94. The van der Waals surface area contributed by atoms with E-state index in [-0.39, 0.29) is 36.2 Å². The Labute approximate surface area is 200 Å². The number of aryl methyl sites for hydroxylation is 1. The highest BCUT2D eigenvalue weighted by Crippen LogP contribution is 2.24. The number of hydrogen-bond donors (Lipinski definition) is 1. The van der Waals surface area contributed by atoms with Gasteiger partial charge in [-0.1, -0.05) is 41.4 Å². The summed E-state index contributed by atoms with van der Waals surface area (Å²) in [6.07, 6.45) is 1.00. The molecule has 2 aromatic rings. The van der Waals surface area contributed by atoms with Gasteiger partial charge in [0, 0.05) is 29.6 Å². The first-order valence-corrected chi connectivity index (χ1v) is 11.7. The van der Waals surface area contributed by atoms with Crippen molar-refractivity contribution in [1.29, 1.82) is 0 Å². The number of piperidine rings is 1. The third-order valence-electron chi connectivity index (χ3n) is 5.78. The zero-order valence-electron chi connectivity index (χ0n) is 19.3. The van der Waals surface area contributed by atoms with Gasteiger partial charge in [-0.3, -0.25) is 14.4 Å². The van der Waals surface area contributed by atoms with Crippen molar-refractivity contribution in [2.24, 2.45) is 5.92 Å². The van der Waals surface area contributed by atoms with Crippen molar-refractivity contribution in [3.05, 3.63) is 70.2 Å². The number of nitrogens with zero attached hydrogens (tertiary/aromatic N) is 1. The number of nitrogens with one attached hydrogen (secondary N) is 1. The van der Waals surface area contributed by atoms with Crippen LogP contribution in [-0.2, 0) is 14.3 Å². The summed E-state index contributed by atoms with van der Waals surface area (Å²) in [5.74, 6) is -0.719. The van der Waals surface area contributed by atoms with Gasteiger partial charge in [-0.2, -0.15) is 0 Å². The number of halogens is 1. The van der Waals surface area contributed by atoms with Gasteiger partial charge in [0.1, 0.15) is 0 Å². The second kappa shape index (κ2) is 11.3. The van der Waals surface area contributed by atoms with Gasteiger partial charge in [0.25, 0.3) is 5.91 Å². The predicted octanol–water partition coefficient (Wildman–Crippen LogP) is 4.70. The SMILES string of the molecule is Cc1ccc(C(CC(=O)OC(C)C)NC(=O)C2CCN(C(=O)c3ccc(Cl)cc3)CC2)cc1. The Morgan fingerprint density at radius 3 is 2.21 bits per heavy atom. The molecular formula is C26H31ClN2O4. The second-order valence-electron chi connectivity index (χ2n) is 8.79. The van der Waals surface area contributed by atoms with Crippen molar-refractivity contribution in [3.63, 3.8) is 0 Å². The summed E-state index contributed by atoms with van der Waals surface area (Å²) in [5, 5.41) is 3.64. The van der Waals surface area contributed by atoms with E-state index in [2.05, 4.69) is 5.32 Å². The molecule has 1 heterocycles. The molecule has 0 aromatic heterocycles. The summed E-state index contributed by atoms with van der Waals surface area (Å²) in [7, 11) is 0. The molecule has 3 rings (SSSR count). The molecule has 1 aliphatic heterocycles. The van der Waals surface area contributed by atoms with Crippen molar-refractivity contribution in [2.45, 2.75) is 52.2 Å². The van der Waals surface area contributed by atoms with E-state index in [1.165, 1.54) is 0 Å². The van der Waals surface area contributed by atoms with Crippen LogP contribution in [0.1, 0.15) is 60.6 Å². The maximum Gasteiger partial charge on any atom is 0.308 e. The lowest BCUT2D eigenvalue weighted by Gasteiger charge is -2.32. The van der Waals surface area contributed by atoms with Gasteiger partial charge in [-0.05, 0) is 63.4 Å². The molecule has 0 radical (unpaired) electrons. The average Bonchev–Trinajstić information content (AvgIpc) is 2.78. The maximum absolute atomic E-state index is 13.1. The topological polar surface area (TPSA) is 75.7 Å². The molecule has 2 amide bonds. The molecule has 6 nitrogen and oxygen atoms in total. The van der Waals surface area contributed by atoms with Crippen LogP contribution in [0.5, 0.6) is 0 Å².